The van der Waals surface area contributed by atoms with Gasteiger partial charge < -0.3 is 10.6 Å². The molecule has 100 valence electrons. The molecule has 0 unspecified atom stereocenters. The van der Waals surface area contributed by atoms with E-state index in [1.54, 1.807) is 6.07 Å². The third-order valence-corrected chi connectivity index (χ3v) is 2.93. The molecule has 1 aromatic heterocycles. The Labute approximate surface area is 118 Å². The van der Waals surface area contributed by atoms with Crippen LogP contribution in [0.2, 0.25) is 0 Å². The van der Waals surface area contributed by atoms with Crippen LogP contribution in [0.5, 0.6) is 0 Å². The van der Waals surface area contributed by atoms with Crippen molar-refractivity contribution in [3.8, 4) is 0 Å². The minimum absolute atomic E-state index is 0.00406. The number of benzene rings is 1. The fourth-order valence-electron chi connectivity index (χ4n) is 1.67. The van der Waals surface area contributed by atoms with E-state index >= 15 is 0 Å². The van der Waals surface area contributed by atoms with E-state index in [0.29, 0.717) is 5.69 Å². The number of aryl methyl sites for hydroxylation is 1. The predicted molar refractivity (Wildman–Crippen MR) is 75.9 cm³/mol. The maximum atomic E-state index is 13.6. The van der Waals surface area contributed by atoms with Crippen LogP contribution in [0.1, 0.15) is 5.56 Å². The van der Waals surface area contributed by atoms with Crippen molar-refractivity contribution in [1.82, 2.24) is 4.98 Å². The third kappa shape index (κ3) is 3.20. The Bertz CT molecular complexity index is 597. The second-order valence-corrected chi connectivity index (χ2v) is 4.96. The van der Waals surface area contributed by atoms with E-state index in [9.17, 15) is 8.78 Å². The maximum absolute atomic E-state index is 13.6. The van der Waals surface area contributed by atoms with Gasteiger partial charge in [0.25, 0.3) is 0 Å². The normalized spacial score (nSPS) is 10.4. The molecule has 0 atom stereocenters. The van der Waals surface area contributed by atoms with Crippen molar-refractivity contribution < 1.29 is 8.78 Å². The molecule has 1 heterocycles. The predicted octanol–water partition coefficient (Wildman–Crippen LogP) is 4.22. The van der Waals surface area contributed by atoms with Gasteiger partial charge in [0.15, 0.2) is 23.3 Å². The number of halogens is 3. The Hall–Kier alpha value is -1.69. The van der Waals surface area contributed by atoms with Gasteiger partial charge in [-0.25, -0.2) is 13.8 Å². The van der Waals surface area contributed by atoms with E-state index in [1.165, 1.54) is 7.05 Å². The summed E-state index contributed by atoms with van der Waals surface area (Å²) in [7, 11) is 1.52. The lowest BCUT2D eigenvalue weighted by molar-refractivity contribution is 0.580. The lowest BCUT2D eigenvalue weighted by Crippen LogP contribution is -2.03. The van der Waals surface area contributed by atoms with E-state index in [2.05, 4.69) is 31.5 Å². The van der Waals surface area contributed by atoms with E-state index in [-0.39, 0.29) is 11.6 Å². The average molecular weight is 328 g/mol. The Morgan fingerprint density at radius 1 is 1.05 bits per heavy atom. The molecule has 0 amide bonds. The van der Waals surface area contributed by atoms with E-state index in [1.807, 2.05) is 19.1 Å². The Morgan fingerprint density at radius 3 is 2.37 bits per heavy atom. The highest BCUT2D eigenvalue weighted by Gasteiger charge is 2.11. The number of hydrogen-bond acceptors (Lipinski definition) is 3. The second-order valence-electron chi connectivity index (χ2n) is 4.04. The molecule has 0 aliphatic heterocycles. The van der Waals surface area contributed by atoms with Gasteiger partial charge >= 0.3 is 0 Å². The summed E-state index contributed by atoms with van der Waals surface area (Å²) >= 11 is 3.36. The molecule has 0 saturated heterocycles. The van der Waals surface area contributed by atoms with Gasteiger partial charge in [0.2, 0.25) is 0 Å². The largest absolute Gasteiger partial charge is 0.371 e. The molecule has 1 aromatic carbocycles. The lowest BCUT2D eigenvalue weighted by atomic mass is 10.2. The zero-order valence-corrected chi connectivity index (χ0v) is 12.0. The topological polar surface area (TPSA) is 37.0 Å². The maximum Gasteiger partial charge on any atom is 0.169 e. The van der Waals surface area contributed by atoms with Gasteiger partial charge in [0, 0.05) is 23.3 Å². The van der Waals surface area contributed by atoms with Crippen molar-refractivity contribution in [3.63, 3.8) is 0 Å². The third-order valence-electron chi connectivity index (χ3n) is 2.47. The molecule has 0 fully saturated rings. The summed E-state index contributed by atoms with van der Waals surface area (Å²) in [5.41, 5.74) is 1.68. The highest BCUT2D eigenvalue weighted by molar-refractivity contribution is 9.10. The van der Waals surface area contributed by atoms with Crippen molar-refractivity contribution >= 4 is 33.3 Å². The van der Waals surface area contributed by atoms with Gasteiger partial charge in [-0.15, -0.1) is 0 Å². The first-order valence-electron chi connectivity index (χ1n) is 5.57. The van der Waals surface area contributed by atoms with Gasteiger partial charge in [-0.2, -0.15) is 0 Å². The van der Waals surface area contributed by atoms with Gasteiger partial charge in [0.1, 0.15) is 0 Å². The summed E-state index contributed by atoms with van der Waals surface area (Å²) in [6.45, 7) is 1.92. The zero-order chi connectivity index (χ0) is 14.0. The van der Waals surface area contributed by atoms with Gasteiger partial charge in [-0.1, -0.05) is 15.9 Å². The van der Waals surface area contributed by atoms with Crippen molar-refractivity contribution in [3.05, 3.63) is 45.9 Å². The first-order valence-corrected chi connectivity index (χ1v) is 6.37. The Morgan fingerprint density at radius 2 is 1.74 bits per heavy atom. The van der Waals surface area contributed by atoms with Gasteiger partial charge in [-0.3, -0.25) is 0 Å². The van der Waals surface area contributed by atoms with Crippen LogP contribution in [-0.2, 0) is 0 Å². The van der Waals surface area contributed by atoms with Crippen LogP contribution in [0.25, 0.3) is 0 Å². The molecule has 2 rings (SSSR count). The molecule has 3 nitrogen and oxygen atoms in total. The molecule has 0 saturated carbocycles. The number of nitrogens with zero attached hydrogens (tertiary/aromatic N) is 1. The fraction of sp³-hybridized carbons (Fsp3) is 0.154. The van der Waals surface area contributed by atoms with Crippen molar-refractivity contribution in [2.45, 2.75) is 6.92 Å². The summed E-state index contributed by atoms with van der Waals surface area (Å²) in [6, 6.07) is 6.36. The quantitative estimate of drug-likeness (QED) is 0.886. The van der Waals surface area contributed by atoms with Gasteiger partial charge in [-0.05, 0) is 30.7 Å². The highest BCUT2D eigenvalue weighted by Crippen LogP contribution is 2.25. The molecule has 19 heavy (non-hydrogen) atoms. The molecule has 0 radical (unpaired) electrons. The summed E-state index contributed by atoms with van der Waals surface area (Å²) in [6.07, 6.45) is 0. The number of aromatic nitrogens is 1. The monoisotopic (exact) mass is 327 g/mol. The fourth-order valence-corrected chi connectivity index (χ4v) is 2.28. The molecule has 2 aromatic rings. The van der Waals surface area contributed by atoms with Crippen molar-refractivity contribution in [2.75, 3.05) is 17.7 Å². The minimum atomic E-state index is -0.742. The summed E-state index contributed by atoms with van der Waals surface area (Å²) in [5, 5.41) is 5.40. The lowest BCUT2D eigenvalue weighted by Gasteiger charge is -2.10. The number of hydrogen-bond donors (Lipinski definition) is 2. The molecular formula is C13H12BrF2N3. The standard InChI is InChI=1S/C13H12BrF2N3/c1-7-3-8(14)5-9(4-7)18-13-11(16)6-10(15)12(17-2)19-13/h3-6H,1-2H3,(H2,17,18,19). The smallest absolute Gasteiger partial charge is 0.169 e. The van der Waals surface area contributed by atoms with Crippen molar-refractivity contribution in [1.29, 1.82) is 0 Å². The molecule has 0 bridgehead atoms. The number of anilines is 3. The average Bonchev–Trinajstić information content (AvgIpc) is 2.31. The highest BCUT2D eigenvalue weighted by atomic mass is 79.9. The SMILES string of the molecule is CNc1nc(Nc2cc(C)cc(Br)c2)c(F)cc1F. The first-order chi connectivity index (χ1) is 8.99. The van der Waals surface area contributed by atoms with Crippen LogP contribution in [0.4, 0.5) is 26.1 Å². The number of nitrogens with one attached hydrogen (secondary N) is 2. The molecule has 0 aliphatic rings. The minimum Gasteiger partial charge on any atom is -0.371 e. The molecule has 6 heteroatoms. The van der Waals surface area contributed by atoms with E-state index < -0.39 is 11.6 Å². The number of pyridine rings is 1. The summed E-state index contributed by atoms with van der Waals surface area (Å²) in [5.74, 6) is -1.50. The molecule has 0 aliphatic carbocycles. The Balaban J connectivity index is 2.37. The van der Waals surface area contributed by atoms with Crippen LogP contribution in [0.3, 0.4) is 0 Å². The zero-order valence-electron chi connectivity index (χ0n) is 10.4. The molecular weight excluding hydrogens is 316 g/mol. The summed E-state index contributed by atoms with van der Waals surface area (Å²) < 4.78 is 27.8. The van der Waals surface area contributed by atoms with Crippen LogP contribution < -0.4 is 10.6 Å². The first kappa shape index (κ1) is 13.7. The molecule has 0 spiro atoms. The van der Waals surface area contributed by atoms with Crippen LogP contribution in [-0.4, -0.2) is 12.0 Å². The summed E-state index contributed by atoms with van der Waals surface area (Å²) in [4.78, 5) is 3.86. The van der Waals surface area contributed by atoms with Crippen LogP contribution in [0.15, 0.2) is 28.7 Å². The van der Waals surface area contributed by atoms with Gasteiger partial charge in [0.05, 0.1) is 0 Å². The Kier molecular flexibility index (Phi) is 3.99. The van der Waals surface area contributed by atoms with E-state index in [0.717, 1.165) is 16.1 Å². The second kappa shape index (κ2) is 5.52. The number of rotatable bonds is 3. The van der Waals surface area contributed by atoms with Crippen LogP contribution >= 0.6 is 15.9 Å². The van der Waals surface area contributed by atoms with Crippen LogP contribution in [0, 0.1) is 18.6 Å². The van der Waals surface area contributed by atoms with E-state index in [4.69, 9.17) is 0 Å². The van der Waals surface area contributed by atoms with Crippen molar-refractivity contribution in [2.24, 2.45) is 0 Å². The molecule has 2 N–H and O–H groups in total.